The van der Waals surface area contributed by atoms with Crippen LogP contribution in [0.15, 0.2) is 75.8 Å². The maximum Gasteiger partial charge on any atom is 0.344 e. The van der Waals surface area contributed by atoms with E-state index < -0.39 is 17.8 Å². The van der Waals surface area contributed by atoms with E-state index in [0.29, 0.717) is 16.9 Å². The Morgan fingerprint density at radius 3 is 2.35 bits per heavy atom. The van der Waals surface area contributed by atoms with E-state index in [9.17, 15) is 19.5 Å². The van der Waals surface area contributed by atoms with Crippen molar-refractivity contribution in [3.8, 4) is 5.75 Å². The molecular formula is C25H23NO7S. The van der Waals surface area contributed by atoms with Crippen LogP contribution in [-0.2, 0) is 19.1 Å². The molecule has 1 aliphatic rings. The van der Waals surface area contributed by atoms with Crippen molar-refractivity contribution in [3.63, 3.8) is 0 Å². The standard InChI is InChI=1S/C25H23NO7S/c1-3-31-20(27)15-33-18-13-9-8-12-17(18)14-19-22(28)21(25(30)32-4-2)24(34-19)26-23(29)16-10-6-5-7-11-16/h5-14,28H,3-4,15H2,1-2H3/b19-14-,26-24?. The van der Waals surface area contributed by atoms with E-state index in [1.165, 1.54) is 0 Å². The monoisotopic (exact) mass is 481 g/mol. The molecule has 176 valence electrons. The minimum Gasteiger partial charge on any atom is -0.506 e. The highest BCUT2D eigenvalue weighted by Crippen LogP contribution is 2.40. The summed E-state index contributed by atoms with van der Waals surface area (Å²) in [7, 11) is 0. The third kappa shape index (κ3) is 6.14. The second-order valence-electron chi connectivity index (χ2n) is 6.77. The van der Waals surface area contributed by atoms with Crippen LogP contribution < -0.4 is 4.74 Å². The predicted octanol–water partition coefficient (Wildman–Crippen LogP) is 4.33. The van der Waals surface area contributed by atoms with Gasteiger partial charge < -0.3 is 19.3 Å². The van der Waals surface area contributed by atoms with Gasteiger partial charge in [0, 0.05) is 11.1 Å². The zero-order valence-electron chi connectivity index (χ0n) is 18.6. The van der Waals surface area contributed by atoms with Crippen molar-refractivity contribution in [2.45, 2.75) is 13.8 Å². The van der Waals surface area contributed by atoms with E-state index in [1.807, 2.05) is 0 Å². The van der Waals surface area contributed by atoms with Crippen LogP contribution in [0.3, 0.4) is 0 Å². The smallest absolute Gasteiger partial charge is 0.344 e. The highest BCUT2D eigenvalue weighted by Gasteiger charge is 2.34. The second kappa shape index (κ2) is 11.9. The number of esters is 2. The van der Waals surface area contributed by atoms with Crippen molar-refractivity contribution >= 4 is 40.7 Å². The molecule has 0 bridgehead atoms. The summed E-state index contributed by atoms with van der Waals surface area (Å²) in [6.45, 7) is 3.38. The maximum absolute atomic E-state index is 12.6. The number of amides is 1. The first-order valence-corrected chi connectivity index (χ1v) is 11.3. The summed E-state index contributed by atoms with van der Waals surface area (Å²) >= 11 is 0.958. The van der Waals surface area contributed by atoms with Gasteiger partial charge in [0.05, 0.1) is 18.1 Å². The van der Waals surface area contributed by atoms with Gasteiger partial charge >= 0.3 is 11.9 Å². The molecule has 0 spiro atoms. The number of aliphatic imine (C=N–C) groups is 1. The number of thioether (sulfide) groups is 1. The van der Waals surface area contributed by atoms with Crippen LogP contribution in [-0.4, -0.2) is 47.8 Å². The SMILES string of the molecule is CCOC(=O)COc1ccccc1/C=C1\SC(=NC(=O)c2ccccc2)C(C(=O)OCC)=C1O. The van der Waals surface area contributed by atoms with Gasteiger partial charge in [-0.25, -0.2) is 14.6 Å². The number of nitrogens with zero attached hydrogens (tertiary/aromatic N) is 1. The average Bonchev–Trinajstić information content (AvgIpc) is 3.13. The molecule has 0 aromatic heterocycles. The molecule has 9 heteroatoms. The molecule has 1 amide bonds. The van der Waals surface area contributed by atoms with Crippen molar-refractivity contribution in [1.29, 1.82) is 0 Å². The Morgan fingerprint density at radius 1 is 0.971 bits per heavy atom. The van der Waals surface area contributed by atoms with Crippen molar-refractivity contribution in [3.05, 3.63) is 82.0 Å². The summed E-state index contributed by atoms with van der Waals surface area (Å²) in [6.07, 6.45) is 1.58. The van der Waals surface area contributed by atoms with Gasteiger partial charge in [-0.05, 0) is 38.1 Å². The van der Waals surface area contributed by atoms with Gasteiger partial charge in [0.25, 0.3) is 5.91 Å². The molecule has 1 N–H and O–H groups in total. The number of ether oxygens (including phenoxy) is 3. The lowest BCUT2D eigenvalue weighted by Crippen LogP contribution is -2.14. The number of rotatable bonds is 8. The van der Waals surface area contributed by atoms with Gasteiger partial charge in [-0.1, -0.05) is 48.2 Å². The summed E-state index contributed by atoms with van der Waals surface area (Å²) in [4.78, 5) is 41.1. The Bertz CT molecular complexity index is 1170. The first-order chi connectivity index (χ1) is 16.4. The van der Waals surface area contributed by atoms with Crippen molar-refractivity contribution in [1.82, 2.24) is 0 Å². The first kappa shape index (κ1) is 24.8. The Morgan fingerprint density at radius 2 is 1.65 bits per heavy atom. The van der Waals surface area contributed by atoms with Crippen molar-refractivity contribution < 1.29 is 33.7 Å². The third-order valence-corrected chi connectivity index (χ3v) is 5.47. The fourth-order valence-electron chi connectivity index (χ4n) is 2.94. The fraction of sp³-hybridized carbons (Fsp3) is 0.200. The number of aliphatic hydroxyl groups is 1. The molecule has 0 unspecified atom stereocenters. The Kier molecular flexibility index (Phi) is 8.64. The molecule has 3 rings (SSSR count). The van der Waals surface area contributed by atoms with Crippen LogP contribution in [0.1, 0.15) is 29.8 Å². The Hall–Kier alpha value is -3.85. The average molecular weight is 482 g/mol. The van der Waals surface area contributed by atoms with E-state index in [2.05, 4.69) is 4.99 Å². The van der Waals surface area contributed by atoms with Crippen LogP contribution >= 0.6 is 11.8 Å². The number of carbonyl (C=O) groups excluding carboxylic acids is 3. The summed E-state index contributed by atoms with van der Waals surface area (Å²) in [6, 6.07) is 15.2. The zero-order valence-corrected chi connectivity index (χ0v) is 19.5. The molecular weight excluding hydrogens is 458 g/mol. The molecule has 0 fully saturated rings. The van der Waals surface area contributed by atoms with Crippen LogP contribution in [0.5, 0.6) is 5.75 Å². The van der Waals surface area contributed by atoms with E-state index in [0.717, 1.165) is 11.8 Å². The van der Waals surface area contributed by atoms with Crippen LogP contribution in [0.2, 0.25) is 0 Å². The Balaban J connectivity index is 1.95. The lowest BCUT2D eigenvalue weighted by Gasteiger charge is -2.09. The molecule has 34 heavy (non-hydrogen) atoms. The summed E-state index contributed by atoms with van der Waals surface area (Å²) in [5.41, 5.74) is 0.695. The minimum atomic E-state index is -0.789. The lowest BCUT2D eigenvalue weighted by molar-refractivity contribution is -0.145. The largest absolute Gasteiger partial charge is 0.506 e. The van der Waals surface area contributed by atoms with Gasteiger partial charge in [0.15, 0.2) is 6.61 Å². The first-order valence-electron chi connectivity index (χ1n) is 10.5. The molecule has 0 aliphatic carbocycles. The number of aliphatic hydroxyl groups excluding tert-OH is 1. The summed E-state index contributed by atoms with van der Waals surface area (Å²) in [5.74, 6) is -1.84. The third-order valence-electron chi connectivity index (χ3n) is 4.45. The Labute approximate surface area is 200 Å². The molecule has 0 atom stereocenters. The van der Waals surface area contributed by atoms with Crippen molar-refractivity contribution in [2.75, 3.05) is 19.8 Å². The lowest BCUT2D eigenvalue weighted by atomic mass is 10.1. The molecule has 0 radical (unpaired) electrons. The molecule has 2 aromatic rings. The van der Waals surface area contributed by atoms with E-state index in [-0.39, 0.29) is 41.1 Å². The fourth-order valence-corrected chi connectivity index (χ4v) is 3.94. The van der Waals surface area contributed by atoms with Gasteiger partial charge in [0.2, 0.25) is 0 Å². The number of carbonyl (C=O) groups is 3. The van der Waals surface area contributed by atoms with E-state index >= 15 is 0 Å². The van der Waals surface area contributed by atoms with Crippen LogP contribution in [0, 0.1) is 0 Å². The van der Waals surface area contributed by atoms with Gasteiger partial charge in [0.1, 0.15) is 22.1 Å². The maximum atomic E-state index is 12.6. The van der Waals surface area contributed by atoms with Gasteiger partial charge in [-0.3, -0.25) is 4.79 Å². The van der Waals surface area contributed by atoms with Crippen LogP contribution in [0.25, 0.3) is 6.08 Å². The second-order valence-corrected chi connectivity index (χ2v) is 7.81. The number of benzene rings is 2. The number of hydrogen-bond donors (Lipinski definition) is 1. The normalized spacial score (nSPS) is 15.5. The molecule has 0 saturated carbocycles. The summed E-state index contributed by atoms with van der Waals surface area (Å²) < 4.78 is 15.5. The predicted molar refractivity (Wildman–Crippen MR) is 129 cm³/mol. The van der Waals surface area contributed by atoms with E-state index in [4.69, 9.17) is 14.2 Å². The highest BCUT2D eigenvalue weighted by atomic mass is 32.2. The van der Waals surface area contributed by atoms with Crippen molar-refractivity contribution in [2.24, 2.45) is 4.99 Å². The minimum absolute atomic E-state index is 0.0287. The summed E-state index contributed by atoms with van der Waals surface area (Å²) in [5, 5.41) is 10.9. The molecule has 2 aromatic carbocycles. The van der Waals surface area contributed by atoms with Gasteiger partial charge in [-0.2, -0.15) is 0 Å². The molecule has 8 nitrogen and oxygen atoms in total. The zero-order chi connectivity index (χ0) is 24.5. The van der Waals surface area contributed by atoms with Gasteiger partial charge in [-0.15, -0.1) is 0 Å². The quantitative estimate of drug-likeness (QED) is 0.555. The number of hydrogen-bond acceptors (Lipinski definition) is 8. The molecule has 1 aliphatic heterocycles. The highest BCUT2D eigenvalue weighted by molar-refractivity contribution is 8.18. The molecule has 0 saturated heterocycles. The topological polar surface area (TPSA) is 111 Å². The van der Waals surface area contributed by atoms with E-state index in [1.54, 1.807) is 74.5 Å². The van der Waals surface area contributed by atoms with Crippen LogP contribution in [0.4, 0.5) is 0 Å². The number of para-hydroxylation sites is 1. The molecule has 1 heterocycles.